The van der Waals surface area contributed by atoms with Crippen LogP contribution < -0.4 is 10.1 Å². The Balaban J connectivity index is 1.89. The van der Waals surface area contributed by atoms with E-state index in [4.69, 9.17) is 16.3 Å². The zero-order valence-electron chi connectivity index (χ0n) is 11.1. The maximum Gasteiger partial charge on any atom is 0.251 e. The Labute approximate surface area is 122 Å². The highest BCUT2D eigenvalue weighted by atomic mass is 35.5. The lowest BCUT2D eigenvalue weighted by Gasteiger charge is -2.08. The third-order valence-electron chi connectivity index (χ3n) is 2.88. The lowest BCUT2D eigenvalue weighted by molar-refractivity contribution is 0.0954. The molecule has 104 valence electrons. The van der Waals surface area contributed by atoms with Crippen molar-refractivity contribution in [2.24, 2.45) is 0 Å². The van der Waals surface area contributed by atoms with Gasteiger partial charge in [-0.15, -0.1) is 0 Å². The summed E-state index contributed by atoms with van der Waals surface area (Å²) in [6.45, 7) is 0.521. The summed E-state index contributed by atoms with van der Waals surface area (Å²) in [6.07, 6.45) is 3.85. The van der Waals surface area contributed by atoms with Gasteiger partial charge in [-0.25, -0.2) is 0 Å². The zero-order chi connectivity index (χ0) is 14.4. The highest BCUT2D eigenvalue weighted by molar-refractivity contribution is 6.31. The van der Waals surface area contributed by atoms with Gasteiger partial charge in [-0.3, -0.25) is 9.78 Å². The first kappa shape index (κ1) is 14.3. The molecule has 0 bridgehead atoms. The van der Waals surface area contributed by atoms with Gasteiger partial charge in [-0.05, 0) is 36.2 Å². The average Bonchev–Trinajstić information content (AvgIpc) is 2.49. The second-order valence-electron chi connectivity index (χ2n) is 4.20. The largest absolute Gasteiger partial charge is 0.497 e. The van der Waals surface area contributed by atoms with E-state index in [1.54, 1.807) is 37.7 Å². The molecule has 1 aromatic heterocycles. The first-order chi connectivity index (χ1) is 9.70. The van der Waals surface area contributed by atoms with Gasteiger partial charge in [0.15, 0.2) is 0 Å². The Morgan fingerprint density at radius 2 is 2.05 bits per heavy atom. The number of aromatic nitrogens is 1. The maximum absolute atomic E-state index is 11.8. The van der Waals surface area contributed by atoms with E-state index >= 15 is 0 Å². The van der Waals surface area contributed by atoms with Gasteiger partial charge in [0.25, 0.3) is 5.91 Å². The SMILES string of the molecule is COc1ccc(CCNC(=O)c2ccncc2)c(Cl)c1. The van der Waals surface area contributed by atoms with Gasteiger partial charge in [0.05, 0.1) is 7.11 Å². The minimum absolute atomic E-state index is 0.114. The molecular weight excluding hydrogens is 276 g/mol. The molecule has 4 nitrogen and oxygen atoms in total. The molecule has 0 saturated heterocycles. The van der Waals surface area contributed by atoms with Crippen LogP contribution in [-0.2, 0) is 6.42 Å². The van der Waals surface area contributed by atoms with Gasteiger partial charge in [-0.2, -0.15) is 0 Å². The van der Waals surface area contributed by atoms with Crippen LogP contribution in [0.25, 0.3) is 0 Å². The number of pyridine rings is 1. The number of hydrogen-bond donors (Lipinski definition) is 1. The third kappa shape index (κ3) is 3.71. The normalized spacial score (nSPS) is 10.1. The smallest absolute Gasteiger partial charge is 0.251 e. The summed E-state index contributed by atoms with van der Waals surface area (Å²) in [5, 5.41) is 3.49. The van der Waals surface area contributed by atoms with Crippen LogP contribution in [0, 0.1) is 0 Å². The van der Waals surface area contributed by atoms with E-state index < -0.39 is 0 Å². The minimum atomic E-state index is -0.114. The Morgan fingerprint density at radius 3 is 2.70 bits per heavy atom. The minimum Gasteiger partial charge on any atom is -0.497 e. The monoisotopic (exact) mass is 290 g/mol. The van der Waals surface area contributed by atoms with Gasteiger partial charge >= 0.3 is 0 Å². The fourth-order valence-corrected chi connectivity index (χ4v) is 2.04. The number of nitrogens with zero attached hydrogens (tertiary/aromatic N) is 1. The number of carbonyl (C=O) groups is 1. The Kier molecular flexibility index (Phi) is 4.96. The summed E-state index contributed by atoms with van der Waals surface area (Å²) in [6, 6.07) is 8.87. The number of ether oxygens (including phenoxy) is 1. The molecule has 0 unspecified atom stereocenters. The fourth-order valence-electron chi connectivity index (χ4n) is 1.77. The molecule has 20 heavy (non-hydrogen) atoms. The molecule has 0 saturated carbocycles. The number of nitrogens with one attached hydrogen (secondary N) is 1. The van der Waals surface area contributed by atoms with Crippen LogP contribution in [0.2, 0.25) is 5.02 Å². The van der Waals surface area contributed by atoms with E-state index in [9.17, 15) is 4.79 Å². The molecule has 0 aliphatic rings. The predicted octanol–water partition coefficient (Wildman–Crippen LogP) is 2.72. The first-order valence-corrected chi connectivity index (χ1v) is 6.59. The molecule has 0 spiro atoms. The summed E-state index contributed by atoms with van der Waals surface area (Å²) in [5.41, 5.74) is 1.57. The average molecular weight is 291 g/mol. The van der Waals surface area contributed by atoms with Crippen molar-refractivity contribution in [1.82, 2.24) is 10.3 Å². The van der Waals surface area contributed by atoms with Crippen LogP contribution in [0.5, 0.6) is 5.75 Å². The van der Waals surface area contributed by atoms with Crippen molar-refractivity contribution in [2.45, 2.75) is 6.42 Å². The number of hydrogen-bond acceptors (Lipinski definition) is 3. The van der Waals surface area contributed by atoms with Crippen LogP contribution in [-0.4, -0.2) is 24.5 Å². The quantitative estimate of drug-likeness (QED) is 0.921. The van der Waals surface area contributed by atoms with Crippen molar-refractivity contribution in [2.75, 3.05) is 13.7 Å². The summed E-state index contributed by atoms with van der Waals surface area (Å²) in [4.78, 5) is 15.7. The van der Waals surface area contributed by atoms with Crippen LogP contribution in [0.15, 0.2) is 42.7 Å². The number of carbonyl (C=O) groups excluding carboxylic acids is 1. The molecule has 1 aromatic carbocycles. The van der Waals surface area contributed by atoms with Crippen LogP contribution in [0.4, 0.5) is 0 Å². The van der Waals surface area contributed by atoms with Gasteiger partial charge in [0.1, 0.15) is 5.75 Å². The van der Waals surface area contributed by atoms with Crippen LogP contribution in [0.3, 0.4) is 0 Å². The molecule has 2 aromatic rings. The van der Waals surface area contributed by atoms with Crippen molar-refractivity contribution in [3.8, 4) is 5.75 Å². The van der Waals surface area contributed by atoms with Crippen molar-refractivity contribution in [1.29, 1.82) is 0 Å². The molecule has 0 radical (unpaired) electrons. The molecule has 1 heterocycles. The highest BCUT2D eigenvalue weighted by Gasteiger charge is 2.06. The van der Waals surface area contributed by atoms with Crippen LogP contribution in [0.1, 0.15) is 15.9 Å². The lowest BCUT2D eigenvalue weighted by Crippen LogP contribution is -2.25. The Bertz CT molecular complexity index is 588. The topological polar surface area (TPSA) is 51.2 Å². The van der Waals surface area contributed by atoms with Gasteiger partial charge in [-0.1, -0.05) is 17.7 Å². The fraction of sp³-hybridized carbons (Fsp3) is 0.200. The van der Waals surface area contributed by atoms with Gasteiger partial charge in [0.2, 0.25) is 0 Å². The van der Waals surface area contributed by atoms with E-state index in [0.717, 1.165) is 11.3 Å². The maximum atomic E-state index is 11.8. The molecular formula is C15H15ClN2O2. The number of benzene rings is 1. The molecule has 0 atom stereocenters. The van der Waals surface area contributed by atoms with E-state index in [1.165, 1.54) is 0 Å². The van der Waals surface area contributed by atoms with Crippen molar-refractivity contribution < 1.29 is 9.53 Å². The van der Waals surface area contributed by atoms with Crippen molar-refractivity contribution >= 4 is 17.5 Å². The number of halogens is 1. The molecule has 1 N–H and O–H groups in total. The molecule has 2 rings (SSSR count). The summed E-state index contributed by atoms with van der Waals surface area (Å²) in [7, 11) is 1.60. The van der Waals surface area contributed by atoms with Gasteiger partial charge < -0.3 is 10.1 Å². The third-order valence-corrected chi connectivity index (χ3v) is 3.23. The molecule has 1 amide bonds. The Hall–Kier alpha value is -2.07. The molecule has 0 fully saturated rings. The summed E-state index contributed by atoms with van der Waals surface area (Å²) < 4.78 is 5.09. The summed E-state index contributed by atoms with van der Waals surface area (Å²) in [5.74, 6) is 0.608. The van der Waals surface area contributed by atoms with Crippen molar-refractivity contribution in [3.05, 3.63) is 58.9 Å². The second-order valence-corrected chi connectivity index (χ2v) is 4.61. The van der Waals surface area contributed by atoms with E-state index in [-0.39, 0.29) is 5.91 Å². The van der Waals surface area contributed by atoms with E-state index in [2.05, 4.69) is 10.3 Å². The summed E-state index contributed by atoms with van der Waals surface area (Å²) >= 11 is 6.14. The zero-order valence-corrected chi connectivity index (χ0v) is 11.9. The first-order valence-electron chi connectivity index (χ1n) is 6.21. The van der Waals surface area contributed by atoms with E-state index in [1.807, 2.05) is 12.1 Å². The second kappa shape index (κ2) is 6.91. The number of methoxy groups -OCH3 is 1. The highest BCUT2D eigenvalue weighted by Crippen LogP contribution is 2.22. The van der Waals surface area contributed by atoms with E-state index in [0.29, 0.717) is 23.6 Å². The molecule has 5 heteroatoms. The predicted molar refractivity (Wildman–Crippen MR) is 78.3 cm³/mol. The number of amides is 1. The van der Waals surface area contributed by atoms with Crippen LogP contribution >= 0.6 is 11.6 Å². The van der Waals surface area contributed by atoms with Gasteiger partial charge in [0, 0.05) is 29.5 Å². The van der Waals surface area contributed by atoms with Crippen molar-refractivity contribution in [3.63, 3.8) is 0 Å². The number of rotatable bonds is 5. The Morgan fingerprint density at radius 1 is 1.30 bits per heavy atom. The lowest BCUT2D eigenvalue weighted by atomic mass is 10.1. The molecule has 0 aliphatic carbocycles. The standard InChI is InChI=1S/C15H15ClN2O2/c1-20-13-3-2-11(14(16)10-13)6-9-18-15(19)12-4-7-17-8-5-12/h2-5,7-8,10H,6,9H2,1H3,(H,18,19). The molecule has 0 aliphatic heterocycles.